The molecular weight excluding hydrogens is 650 g/mol. The fraction of sp³-hybridized carbons (Fsp3) is 0.0455. The third kappa shape index (κ3) is 6.62. The quantitative estimate of drug-likeness (QED) is 0.163. The molecule has 0 fully saturated rings. The normalized spacial score (nSPS) is 10.8. The molecule has 0 radical (unpaired) electrons. The van der Waals surface area contributed by atoms with E-state index < -0.39 is 0 Å². The first kappa shape index (κ1) is 31.0. The lowest BCUT2D eigenvalue weighted by atomic mass is 10.00. The summed E-state index contributed by atoms with van der Waals surface area (Å²) in [7, 11) is 0. The number of hydrogen-bond donors (Lipinski definition) is 1. The number of hydrogen-bond acceptors (Lipinski definition) is 3. The maximum absolute atomic E-state index is 3.78. The maximum Gasteiger partial charge on any atom is 0.0469 e. The number of nitrogens with one attached hydrogen (secondary N) is 1. The van der Waals surface area contributed by atoms with Crippen molar-refractivity contribution in [2.45, 2.75) is 13.8 Å². The predicted octanol–water partition coefficient (Wildman–Crippen LogP) is 13.4. The third-order valence-electron chi connectivity index (χ3n) is 8.45. The molecule has 7 aromatic rings. The van der Waals surface area contributed by atoms with Crippen molar-refractivity contribution >= 4 is 61.4 Å². The average Bonchev–Trinajstić information content (AvgIpc) is 3.13. The second-order valence-electron chi connectivity index (χ2n) is 11.8. The molecule has 0 aliphatic heterocycles. The monoisotopic (exact) mass is 685 g/mol. The Hall–Kier alpha value is -5.58. The molecule has 0 heterocycles. The molecule has 0 unspecified atom stereocenters. The molecule has 0 spiro atoms. The van der Waals surface area contributed by atoms with E-state index in [0.717, 1.165) is 61.1 Å². The molecule has 7 aromatic carbocycles. The molecular formula is C44H36BrN3. The molecule has 4 heteroatoms. The third-order valence-corrected chi connectivity index (χ3v) is 9.70. The number of aryl methyl sites for hydroxylation is 2. The summed E-state index contributed by atoms with van der Waals surface area (Å²) in [5.41, 5.74) is 13.2. The minimum atomic E-state index is 1.03. The van der Waals surface area contributed by atoms with Gasteiger partial charge >= 0.3 is 0 Å². The Balaban J connectivity index is 1.40. The van der Waals surface area contributed by atoms with Crippen molar-refractivity contribution in [1.82, 2.24) is 0 Å². The molecule has 7 rings (SSSR count). The van der Waals surface area contributed by atoms with E-state index in [0.29, 0.717) is 0 Å². The summed E-state index contributed by atoms with van der Waals surface area (Å²) in [6.07, 6.45) is 0. The molecule has 234 valence electrons. The van der Waals surface area contributed by atoms with Crippen LogP contribution in [-0.4, -0.2) is 0 Å². The molecule has 0 bridgehead atoms. The molecule has 1 N–H and O–H groups in total. The smallest absolute Gasteiger partial charge is 0.0469 e. The molecule has 3 nitrogen and oxygen atoms in total. The Labute approximate surface area is 291 Å². The molecule has 0 aliphatic rings. The zero-order valence-corrected chi connectivity index (χ0v) is 28.6. The number of rotatable bonds is 9. The number of nitrogens with zero attached hydrogens (tertiary/aromatic N) is 2. The van der Waals surface area contributed by atoms with Gasteiger partial charge in [-0.25, -0.2) is 0 Å². The van der Waals surface area contributed by atoms with Gasteiger partial charge in [-0.05, 0) is 122 Å². The lowest BCUT2D eigenvalue weighted by Gasteiger charge is -2.28. The van der Waals surface area contributed by atoms with Crippen LogP contribution < -0.4 is 15.1 Å². The molecule has 0 saturated heterocycles. The van der Waals surface area contributed by atoms with Gasteiger partial charge in [0.05, 0.1) is 0 Å². The standard InChI is InChI=1S/C44H36BrN3/c1-32-28-35(29-33(2)44(32)45)46-43-27-26-41(48(38-21-11-5-12-22-38)39-23-13-6-14-24-39)31-42(43)34-16-15-25-40(30-34)47(36-17-7-3-8-18-36)37-19-9-4-10-20-37/h3-31,46H,1-2H3. The van der Waals surface area contributed by atoms with Gasteiger partial charge in [-0.15, -0.1) is 0 Å². The van der Waals surface area contributed by atoms with Crippen LogP contribution in [0, 0.1) is 13.8 Å². The van der Waals surface area contributed by atoms with E-state index in [4.69, 9.17) is 0 Å². The summed E-state index contributed by atoms with van der Waals surface area (Å²) >= 11 is 3.74. The van der Waals surface area contributed by atoms with Crippen molar-refractivity contribution in [3.63, 3.8) is 0 Å². The van der Waals surface area contributed by atoms with Crippen LogP contribution in [0.5, 0.6) is 0 Å². The second-order valence-corrected chi connectivity index (χ2v) is 12.6. The zero-order valence-electron chi connectivity index (χ0n) is 27.0. The highest BCUT2D eigenvalue weighted by Crippen LogP contribution is 2.42. The van der Waals surface area contributed by atoms with Gasteiger partial charge in [0.15, 0.2) is 0 Å². The van der Waals surface area contributed by atoms with Crippen LogP contribution in [0.3, 0.4) is 0 Å². The summed E-state index contributed by atoms with van der Waals surface area (Å²) in [6.45, 7) is 4.27. The molecule has 0 aliphatic carbocycles. The van der Waals surface area contributed by atoms with Crippen molar-refractivity contribution in [1.29, 1.82) is 0 Å². The van der Waals surface area contributed by atoms with Crippen molar-refractivity contribution < 1.29 is 0 Å². The summed E-state index contributed by atoms with van der Waals surface area (Å²) in [4.78, 5) is 4.62. The van der Waals surface area contributed by atoms with Gasteiger partial charge in [-0.1, -0.05) is 101 Å². The van der Waals surface area contributed by atoms with Crippen LogP contribution >= 0.6 is 15.9 Å². The van der Waals surface area contributed by atoms with Gasteiger partial charge < -0.3 is 15.1 Å². The van der Waals surface area contributed by atoms with E-state index in [1.54, 1.807) is 0 Å². The summed E-state index contributed by atoms with van der Waals surface area (Å²) < 4.78 is 1.14. The van der Waals surface area contributed by atoms with Crippen molar-refractivity contribution in [3.8, 4) is 11.1 Å². The van der Waals surface area contributed by atoms with E-state index in [9.17, 15) is 0 Å². The van der Waals surface area contributed by atoms with E-state index >= 15 is 0 Å². The predicted molar refractivity (Wildman–Crippen MR) is 208 cm³/mol. The highest BCUT2D eigenvalue weighted by Gasteiger charge is 2.18. The van der Waals surface area contributed by atoms with Crippen molar-refractivity contribution in [3.05, 3.63) is 192 Å². The number of anilines is 8. The Bertz CT molecular complexity index is 2030. The average molecular weight is 687 g/mol. The van der Waals surface area contributed by atoms with E-state index in [2.05, 4.69) is 221 Å². The fourth-order valence-electron chi connectivity index (χ4n) is 6.21. The van der Waals surface area contributed by atoms with Gasteiger partial charge in [0.25, 0.3) is 0 Å². The largest absolute Gasteiger partial charge is 0.355 e. The number of halogens is 1. The first-order valence-electron chi connectivity index (χ1n) is 16.1. The summed E-state index contributed by atoms with van der Waals surface area (Å²) in [5.74, 6) is 0. The first-order valence-corrected chi connectivity index (χ1v) is 16.9. The van der Waals surface area contributed by atoms with Crippen molar-refractivity contribution in [2.24, 2.45) is 0 Å². The Morgan fingerprint density at radius 2 is 0.833 bits per heavy atom. The van der Waals surface area contributed by atoms with Crippen molar-refractivity contribution in [2.75, 3.05) is 15.1 Å². The molecule has 0 saturated carbocycles. The van der Waals surface area contributed by atoms with Crippen LogP contribution in [-0.2, 0) is 0 Å². The van der Waals surface area contributed by atoms with Crippen LogP contribution in [0.1, 0.15) is 11.1 Å². The second kappa shape index (κ2) is 14.0. The summed E-state index contributed by atoms with van der Waals surface area (Å²) in [5, 5.41) is 3.78. The Morgan fingerprint density at radius 3 is 1.29 bits per heavy atom. The van der Waals surface area contributed by atoms with Crippen LogP contribution in [0.15, 0.2) is 180 Å². The van der Waals surface area contributed by atoms with E-state index in [1.165, 1.54) is 11.1 Å². The molecule has 48 heavy (non-hydrogen) atoms. The highest BCUT2D eigenvalue weighted by atomic mass is 79.9. The molecule has 0 atom stereocenters. The Kier molecular flexibility index (Phi) is 9.08. The number of para-hydroxylation sites is 4. The Morgan fingerprint density at radius 1 is 0.417 bits per heavy atom. The maximum atomic E-state index is 3.78. The van der Waals surface area contributed by atoms with Crippen LogP contribution in [0.25, 0.3) is 11.1 Å². The lowest BCUT2D eigenvalue weighted by Crippen LogP contribution is -2.10. The SMILES string of the molecule is Cc1cc(Nc2ccc(N(c3ccccc3)c3ccccc3)cc2-c2cccc(N(c3ccccc3)c3ccccc3)c2)cc(C)c1Br. The minimum absolute atomic E-state index is 1.03. The highest BCUT2D eigenvalue weighted by molar-refractivity contribution is 9.10. The van der Waals surface area contributed by atoms with Crippen LogP contribution in [0.4, 0.5) is 45.5 Å². The van der Waals surface area contributed by atoms with E-state index in [1.807, 2.05) is 0 Å². The van der Waals surface area contributed by atoms with Gasteiger partial charge in [0.1, 0.15) is 0 Å². The van der Waals surface area contributed by atoms with E-state index in [-0.39, 0.29) is 0 Å². The molecule has 0 aromatic heterocycles. The van der Waals surface area contributed by atoms with Gasteiger partial charge in [-0.3, -0.25) is 0 Å². The minimum Gasteiger partial charge on any atom is -0.355 e. The first-order chi connectivity index (χ1) is 23.5. The lowest BCUT2D eigenvalue weighted by molar-refractivity contribution is 1.28. The van der Waals surface area contributed by atoms with Gasteiger partial charge in [-0.2, -0.15) is 0 Å². The summed E-state index contributed by atoms with van der Waals surface area (Å²) in [6, 6.07) is 62.1. The van der Waals surface area contributed by atoms with Gasteiger partial charge in [0, 0.05) is 55.5 Å². The molecule has 0 amide bonds. The zero-order chi connectivity index (χ0) is 32.9. The topological polar surface area (TPSA) is 18.5 Å². The number of benzene rings is 7. The van der Waals surface area contributed by atoms with Crippen LogP contribution in [0.2, 0.25) is 0 Å². The fourth-order valence-corrected chi connectivity index (χ4v) is 6.44. The van der Waals surface area contributed by atoms with Gasteiger partial charge in [0.2, 0.25) is 0 Å².